The summed E-state index contributed by atoms with van der Waals surface area (Å²) in [5.41, 5.74) is 0. The van der Waals surface area contributed by atoms with Crippen LogP contribution in [-0.4, -0.2) is 37.1 Å². The largest absolute Gasteiger partial charge is 0.314 e. The van der Waals surface area contributed by atoms with E-state index in [2.05, 4.69) is 30.3 Å². The van der Waals surface area contributed by atoms with Gasteiger partial charge in [0.05, 0.1) is 0 Å². The maximum atomic E-state index is 3.85. The Morgan fingerprint density at radius 3 is 2.44 bits per heavy atom. The summed E-state index contributed by atoms with van der Waals surface area (Å²) in [6.45, 7) is 14.2. The molecule has 0 aromatic heterocycles. The summed E-state index contributed by atoms with van der Waals surface area (Å²) in [6, 6.07) is 0.718. The molecule has 18 heavy (non-hydrogen) atoms. The van der Waals surface area contributed by atoms with Gasteiger partial charge < -0.3 is 5.32 Å². The fourth-order valence-corrected chi connectivity index (χ4v) is 2.95. The van der Waals surface area contributed by atoms with Crippen LogP contribution in [0, 0.1) is 5.92 Å². The second kappa shape index (κ2) is 9.35. The standard InChI is InChI=1S/C16H30N2/c1-4-11-17-16-10-8-7-9-15(16)14-18(12-5-2)13-6-3/h5-6,15-17H,2-4,7-14H2,1H3. The lowest BCUT2D eigenvalue weighted by Crippen LogP contribution is -2.44. The van der Waals surface area contributed by atoms with Gasteiger partial charge >= 0.3 is 0 Å². The van der Waals surface area contributed by atoms with Crippen LogP contribution in [0.15, 0.2) is 25.3 Å². The number of rotatable bonds is 9. The predicted octanol–water partition coefficient (Wildman–Crippen LogP) is 3.22. The van der Waals surface area contributed by atoms with Crippen molar-refractivity contribution >= 4 is 0 Å². The van der Waals surface area contributed by atoms with Crippen molar-refractivity contribution in [2.75, 3.05) is 26.2 Å². The Morgan fingerprint density at radius 1 is 1.17 bits per heavy atom. The summed E-state index contributed by atoms with van der Waals surface area (Å²) in [5, 5.41) is 3.73. The summed E-state index contributed by atoms with van der Waals surface area (Å²) in [7, 11) is 0. The van der Waals surface area contributed by atoms with Crippen LogP contribution in [-0.2, 0) is 0 Å². The third-order valence-electron chi connectivity index (χ3n) is 3.83. The first-order chi connectivity index (χ1) is 8.81. The van der Waals surface area contributed by atoms with E-state index in [0.717, 1.165) is 31.6 Å². The summed E-state index contributed by atoms with van der Waals surface area (Å²) >= 11 is 0. The number of nitrogens with one attached hydrogen (secondary N) is 1. The Bertz CT molecular complexity index is 227. The highest BCUT2D eigenvalue weighted by Crippen LogP contribution is 2.25. The average Bonchev–Trinajstić information content (AvgIpc) is 2.38. The summed E-state index contributed by atoms with van der Waals surface area (Å²) in [5.74, 6) is 0.796. The molecule has 0 saturated heterocycles. The van der Waals surface area contributed by atoms with Gasteiger partial charge in [0.15, 0.2) is 0 Å². The lowest BCUT2D eigenvalue weighted by molar-refractivity contribution is 0.188. The van der Waals surface area contributed by atoms with Crippen LogP contribution in [0.25, 0.3) is 0 Å². The van der Waals surface area contributed by atoms with Crippen LogP contribution in [0.4, 0.5) is 0 Å². The van der Waals surface area contributed by atoms with E-state index in [1.807, 2.05) is 12.2 Å². The van der Waals surface area contributed by atoms with Gasteiger partial charge in [-0.3, -0.25) is 4.90 Å². The van der Waals surface area contributed by atoms with Gasteiger partial charge in [0, 0.05) is 25.7 Å². The van der Waals surface area contributed by atoms with Crippen molar-refractivity contribution in [3.05, 3.63) is 25.3 Å². The summed E-state index contributed by atoms with van der Waals surface area (Å²) < 4.78 is 0. The zero-order valence-electron chi connectivity index (χ0n) is 12.0. The molecule has 0 amide bonds. The first-order valence-corrected chi connectivity index (χ1v) is 7.49. The molecule has 104 valence electrons. The molecule has 2 heteroatoms. The first kappa shape index (κ1) is 15.5. The minimum atomic E-state index is 0.718. The molecule has 2 atom stereocenters. The van der Waals surface area contributed by atoms with Crippen LogP contribution < -0.4 is 5.32 Å². The normalized spacial score (nSPS) is 24.1. The van der Waals surface area contributed by atoms with E-state index in [-0.39, 0.29) is 0 Å². The molecule has 2 nitrogen and oxygen atoms in total. The molecule has 0 heterocycles. The van der Waals surface area contributed by atoms with Crippen LogP contribution in [0.5, 0.6) is 0 Å². The van der Waals surface area contributed by atoms with Gasteiger partial charge in [0.25, 0.3) is 0 Å². The van der Waals surface area contributed by atoms with E-state index in [4.69, 9.17) is 0 Å². The van der Waals surface area contributed by atoms with Crippen molar-refractivity contribution in [2.24, 2.45) is 5.92 Å². The fourth-order valence-electron chi connectivity index (χ4n) is 2.95. The quantitative estimate of drug-likeness (QED) is 0.632. The minimum Gasteiger partial charge on any atom is -0.314 e. The highest BCUT2D eigenvalue weighted by atomic mass is 15.1. The molecule has 0 spiro atoms. The molecular formula is C16H30N2. The van der Waals surface area contributed by atoms with Gasteiger partial charge in [-0.05, 0) is 31.7 Å². The molecule has 1 N–H and O–H groups in total. The summed E-state index contributed by atoms with van der Waals surface area (Å²) in [6.07, 6.45) is 10.7. The van der Waals surface area contributed by atoms with Crippen molar-refractivity contribution in [3.63, 3.8) is 0 Å². The molecule has 0 bridgehead atoms. The molecule has 0 radical (unpaired) electrons. The lowest BCUT2D eigenvalue weighted by atomic mass is 9.84. The van der Waals surface area contributed by atoms with Gasteiger partial charge in [-0.25, -0.2) is 0 Å². The highest BCUT2D eigenvalue weighted by Gasteiger charge is 2.25. The van der Waals surface area contributed by atoms with Gasteiger partial charge in [-0.15, -0.1) is 13.2 Å². The number of hydrogen-bond acceptors (Lipinski definition) is 2. The fraction of sp³-hybridized carbons (Fsp3) is 0.750. The maximum Gasteiger partial charge on any atom is 0.0164 e. The monoisotopic (exact) mass is 250 g/mol. The lowest BCUT2D eigenvalue weighted by Gasteiger charge is -2.35. The summed E-state index contributed by atoms with van der Waals surface area (Å²) in [4.78, 5) is 2.45. The number of nitrogens with zero attached hydrogens (tertiary/aromatic N) is 1. The van der Waals surface area contributed by atoms with E-state index in [0.29, 0.717) is 0 Å². The van der Waals surface area contributed by atoms with Crippen molar-refractivity contribution in [2.45, 2.75) is 45.1 Å². The highest BCUT2D eigenvalue weighted by molar-refractivity contribution is 4.87. The van der Waals surface area contributed by atoms with Crippen LogP contribution in [0.3, 0.4) is 0 Å². The zero-order chi connectivity index (χ0) is 13.2. The molecule has 0 aliphatic heterocycles. The SMILES string of the molecule is C=CCN(CC=C)CC1CCCCC1NCCC. The molecule has 1 aliphatic carbocycles. The molecule has 0 aromatic carbocycles. The molecular weight excluding hydrogens is 220 g/mol. The topological polar surface area (TPSA) is 15.3 Å². The van der Waals surface area contributed by atoms with Crippen molar-refractivity contribution in [3.8, 4) is 0 Å². The van der Waals surface area contributed by atoms with E-state index >= 15 is 0 Å². The van der Waals surface area contributed by atoms with Crippen molar-refractivity contribution in [1.82, 2.24) is 10.2 Å². The number of hydrogen-bond donors (Lipinski definition) is 1. The molecule has 1 rings (SSSR count). The van der Waals surface area contributed by atoms with Crippen molar-refractivity contribution in [1.29, 1.82) is 0 Å². The molecule has 1 saturated carbocycles. The van der Waals surface area contributed by atoms with Gasteiger partial charge in [0.2, 0.25) is 0 Å². The molecule has 1 aliphatic rings. The smallest absolute Gasteiger partial charge is 0.0164 e. The van der Waals surface area contributed by atoms with E-state index in [1.54, 1.807) is 0 Å². The molecule has 2 unspecified atom stereocenters. The Labute approximate surface area is 113 Å². The second-order valence-corrected chi connectivity index (χ2v) is 5.40. The van der Waals surface area contributed by atoms with E-state index < -0.39 is 0 Å². The maximum absolute atomic E-state index is 3.85. The van der Waals surface area contributed by atoms with E-state index in [9.17, 15) is 0 Å². The zero-order valence-corrected chi connectivity index (χ0v) is 12.0. The predicted molar refractivity (Wildman–Crippen MR) is 80.9 cm³/mol. The Kier molecular flexibility index (Phi) is 8.03. The molecule has 0 aromatic rings. The average molecular weight is 250 g/mol. The van der Waals surface area contributed by atoms with Crippen LogP contribution >= 0.6 is 0 Å². The minimum absolute atomic E-state index is 0.718. The Morgan fingerprint density at radius 2 is 1.83 bits per heavy atom. The third-order valence-corrected chi connectivity index (χ3v) is 3.83. The first-order valence-electron chi connectivity index (χ1n) is 7.49. The van der Waals surface area contributed by atoms with Gasteiger partial charge in [-0.2, -0.15) is 0 Å². The molecule has 1 fully saturated rings. The third kappa shape index (κ3) is 5.36. The van der Waals surface area contributed by atoms with Gasteiger partial charge in [-0.1, -0.05) is 31.9 Å². The van der Waals surface area contributed by atoms with Crippen molar-refractivity contribution < 1.29 is 0 Å². The van der Waals surface area contributed by atoms with Crippen LogP contribution in [0.1, 0.15) is 39.0 Å². The second-order valence-electron chi connectivity index (χ2n) is 5.40. The Balaban J connectivity index is 2.47. The van der Waals surface area contributed by atoms with Gasteiger partial charge in [0.1, 0.15) is 0 Å². The Hall–Kier alpha value is -0.600. The van der Waals surface area contributed by atoms with E-state index in [1.165, 1.54) is 38.6 Å². The van der Waals surface area contributed by atoms with Crippen LogP contribution in [0.2, 0.25) is 0 Å².